The van der Waals surface area contributed by atoms with E-state index in [1.807, 2.05) is 0 Å². The summed E-state index contributed by atoms with van der Waals surface area (Å²) in [6.07, 6.45) is 4.99. The van der Waals surface area contributed by atoms with E-state index in [1.165, 1.54) is 31.7 Å². The van der Waals surface area contributed by atoms with Crippen LogP contribution in [0, 0.1) is 5.82 Å². The third kappa shape index (κ3) is 3.47. The van der Waals surface area contributed by atoms with Crippen molar-refractivity contribution in [2.45, 2.75) is 44.3 Å². The molecule has 1 aliphatic carbocycles. The van der Waals surface area contributed by atoms with Crippen molar-refractivity contribution < 1.29 is 4.39 Å². The quantitative estimate of drug-likeness (QED) is 0.892. The third-order valence-electron chi connectivity index (χ3n) is 4.06. The number of halogens is 2. The molecule has 19 heavy (non-hydrogen) atoms. The number of benzene rings is 1. The topological polar surface area (TPSA) is 15.3 Å². The highest BCUT2D eigenvalue weighted by Gasteiger charge is 2.31. The van der Waals surface area contributed by atoms with Crippen LogP contribution in [0.5, 0.6) is 0 Å². The van der Waals surface area contributed by atoms with Gasteiger partial charge in [0, 0.05) is 35.8 Å². The second kappa shape index (κ2) is 5.78. The monoisotopic (exact) mass is 282 g/mol. The van der Waals surface area contributed by atoms with Crippen LogP contribution in [0.2, 0.25) is 5.02 Å². The summed E-state index contributed by atoms with van der Waals surface area (Å²) >= 11 is 5.97. The summed E-state index contributed by atoms with van der Waals surface area (Å²) in [4.78, 5) is 2.41. The van der Waals surface area contributed by atoms with Crippen LogP contribution in [0.3, 0.4) is 0 Å². The number of nitrogens with one attached hydrogen (secondary N) is 1. The lowest BCUT2D eigenvalue weighted by Crippen LogP contribution is -2.38. The number of hydrogen-bond donors (Lipinski definition) is 1. The van der Waals surface area contributed by atoms with E-state index in [4.69, 9.17) is 11.6 Å². The lowest BCUT2D eigenvalue weighted by Gasteiger charge is -2.25. The zero-order valence-electron chi connectivity index (χ0n) is 11.0. The predicted octanol–water partition coefficient (Wildman–Crippen LogP) is 3.20. The van der Waals surface area contributed by atoms with E-state index in [1.54, 1.807) is 12.1 Å². The van der Waals surface area contributed by atoms with E-state index in [9.17, 15) is 4.39 Å². The highest BCUT2D eigenvalue weighted by Crippen LogP contribution is 2.30. The van der Waals surface area contributed by atoms with Gasteiger partial charge in [0.1, 0.15) is 5.82 Å². The minimum Gasteiger partial charge on any atom is -0.313 e. The van der Waals surface area contributed by atoms with Gasteiger partial charge in [-0.1, -0.05) is 11.6 Å². The average molecular weight is 283 g/mol. The Morgan fingerprint density at radius 3 is 2.84 bits per heavy atom. The van der Waals surface area contributed by atoms with Crippen LogP contribution >= 0.6 is 11.6 Å². The van der Waals surface area contributed by atoms with Crippen LogP contribution in [0.15, 0.2) is 18.2 Å². The summed E-state index contributed by atoms with van der Waals surface area (Å²) in [5.74, 6) is -0.144. The molecule has 1 unspecified atom stereocenters. The molecule has 1 atom stereocenters. The van der Waals surface area contributed by atoms with Crippen LogP contribution in [0.4, 0.5) is 4.39 Å². The Morgan fingerprint density at radius 2 is 2.16 bits per heavy atom. The first-order chi connectivity index (χ1) is 9.22. The Balaban J connectivity index is 1.68. The first-order valence-corrected chi connectivity index (χ1v) is 7.51. The molecule has 2 nitrogen and oxygen atoms in total. The fourth-order valence-electron chi connectivity index (χ4n) is 2.86. The first kappa shape index (κ1) is 13.3. The van der Waals surface area contributed by atoms with Crippen molar-refractivity contribution in [2.24, 2.45) is 0 Å². The average Bonchev–Trinajstić information content (AvgIpc) is 3.12. The Morgan fingerprint density at radius 1 is 1.32 bits per heavy atom. The van der Waals surface area contributed by atoms with E-state index >= 15 is 0 Å². The second-order valence-electron chi connectivity index (χ2n) is 5.69. The largest absolute Gasteiger partial charge is 0.313 e. The smallest absolute Gasteiger partial charge is 0.127 e. The molecule has 1 aromatic carbocycles. The summed E-state index contributed by atoms with van der Waals surface area (Å²) in [7, 11) is 0. The Bertz CT molecular complexity index is 442. The first-order valence-electron chi connectivity index (χ1n) is 7.14. The number of hydrogen-bond acceptors (Lipinski definition) is 2. The van der Waals surface area contributed by atoms with Crippen molar-refractivity contribution in [3.8, 4) is 0 Å². The van der Waals surface area contributed by atoms with Crippen molar-refractivity contribution in [1.82, 2.24) is 10.2 Å². The summed E-state index contributed by atoms with van der Waals surface area (Å²) in [6, 6.07) is 6.05. The van der Waals surface area contributed by atoms with Gasteiger partial charge in [0.15, 0.2) is 0 Å². The maximum absolute atomic E-state index is 13.8. The fraction of sp³-hybridized carbons (Fsp3) is 0.600. The SMILES string of the molecule is Fc1ccc(Cl)cc1CN(CC1CCCN1)C1CC1. The summed E-state index contributed by atoms with van der Waals surface area (Å²) < 4.78 is 13.8. The van der Waals surface area contributed by atoms with Gasteiger partial charge in [-0.2, -0.15) is 0 Å². The van der Waals surface area contributed by atoms with E-state index in [0.717, 1.165) is 18.7 Å². The van der Waals surface area contributed by atoms with Crippen molar-refractivity contribution in [2.75, 3.05) is 13.1 Å². The van der Waals surface area contributed by atoms with Gasteiger partial charge in [0.25, 0.3) is 0 Å². The highest BCUT2D eigenvalue weighted by atomic mass is 35.5. The van der Waals surface area contributed by atoms with Gasteiger partial charge in [-0.05, 0) is 50.4 Å². The lowest BCUT2D eigenvalue weighted by atomic mass is 10.1. The molecule has 0 spiro atoms. The van der Waals surface area contributed by atoms with Crippen LogP contribution in [-0.4, -0.2) is 30.1 Å². The number of nitrogens with zero attached hydrogens (tertiary/aromatic N) is 1. The number of rotatable bonds is 5. The Hall–Kier alpha value is -0.640. The van der Waals surface area contributed by atoms with Crippen molar-refractivity contribution in [3.05, 3.63) is 34.6 Å². The van der Waals surface area contributed by atoms with Crippen LogP contribution in [0.1, 0.15) is 31.2 Å². The maximum atomic E-state index is 13.8. The zero-order valence-corrected chi connectivity index (χ0v) is 11.8. The molecule has 2 fully saturated rings. The molecule has 0 aromatic heterocycles. The molecule has 1 saturated heterocycles. The molecular formula is C15H20ClFN2. The molecule has 0 bridgehead atoms. The minimum atomic E-state index is -0.144. The van der Waals surface area contributed by atoms with E-state index in [0.29, 0.717) is 23.7 Å². The zero-order chi connectivity index (χ0) is 13.2. The van der Waals surface area contributed by atoms with Crippen LogP contribution in [0.25, 0.3) is 0 Å². The molecule has 1 saturated carbocycles. The molecule has 1 N–H and O–H groups in total. The van der Waals surface area contributed by atoms with Gasteiger partial charge < -0.3 is 5.32 Å². The fourth-order valence-corrected chi connectivity index (χ4v) is 3.06. The molecule has 1 aromatic rings. The second-order valence-corrected chi connectivity index (χ2v) is 6.13. The highest BCUT2D eigenvalue weighted by molar-refractivity contribution is 6.30. The van der Waals surface area contributed by atoms with Gasteiger partial charge >= 0.3 is 0 Å². The molecule has 1 aliphatic heterocycles. The van der Waals surface area contributed by atoms with Gasteiger partial charge in [0.05, 0.1) is 0 Å². The van der Waals surface area contributed by atoms with Crippen LogP contribution in [-0.2, 0) is 6.54 Å². The molecule has 4 heteroatoms. The minimum absolute atomic E-state index is 0.144. The van der Waals surface area contributed by atoms with Gasteiger partial charge in [-0.25, -0.2) is 4.39 Å². The Kier molecular flexibility index (Phi) is 4.06. The Labute approximate surface area is 118 Å². The van der Waals surface area contributed by atoms with Gasteiger partial charge in [-0.15, -0.1) is 0 Å². The predicted molar refractivity (Wildman–Crippen MR) is 75.9 cm³/mol. The molecule has 0 amide bonds. The standard InChI is InChI=1S/C15H20ClFN2/c16-12-3-6-15(17)11(8-12)9-19(14-4-5-14)10-13-2-1-7-18-13/h3,6,8,13-14,18H,1-2,4-5,7,9-10H2. The van der Waals surface area contributed by atoms with E-state index in [2.05, 4.69) is 10.2 Å². The lowest BCUT2D eigenvalue weighted by molar-refractivity contribution is 0.228. The van der Waals surface area contributed by atoms with Crippen molar-refractivity contribution >= 4 is 11.6 Å². The van der Waals surface area contributed by atoms with Gasteiger partial charge in [0.2, 0.25) is 0 Å². The van der Waals surface area contributed by atoms with Gasteiger partial charge in [-0.3, -0.25) is 4.90 Å². The van der Waals surface area contributed by atoms with E-state index < -0.39 is 0 Å². The molecule has 104 valence electrons. The van der Waals surface area contributed by atoms with Crippen LogP contribution < -0.4 is 5.32 Å². The molecule has 0 radical (unpaired) electrons. The van der Waals surface area contributed by atoms with E-state index in [-0.39, 0.29) is 5.82 Å². The maximum Gasteiger partial charge on any atom is 0.127 e. The molecule has 3 rings (SSSR count). The van der Waals surface area contributed by atoms with Crippen molar-refractivity contribution in [1.29, 1.82) is 0 Å². The molecule has 1 heterocycles. The normalized spacial score (nSPS) is 23.2. The summed E-state index contributed by atoms with van der Waals surface area (Å²) in [6.45, 7) is 2.82. The molecule has 2 aliphatic rings. The summed E-state index contributed by atoms with van der Waals surface area (Å²) in [5.41, 5.74) is 0.720. The molecular weight excluding hydrogens is 263 g/mol. The van der Waals surface area contributed by atoms with Crippen molar-refractivity contribution in [3.63, 3.8) is 0 Å². The summed E-state index contributed by atoms with van der Waals surface area (Å²) in [5, 5.41) is 4.14. The third-order valence-corrected chi connectivity index (χ3v) is 4.30.